The van der Waals surface area contributed by atoms with Crippen molar-refractivity contribution in [3.05, 3.63) is 18.2 Å². The molecule has 126 valence electrons. The Bertz CT molecular complexity index is 571. The lowest BCUT2D eigenvalue weighted by atomic mass is 10.2. The van der Waals surface area contributed by atoms with Crippen molar-refractivity contribution in [3.8, 4) is 11.5 Å². The Kier molecular flexibility index (Phi) is 5.78. The van der Waals surface area contributed by atoms with Crippen molar-refractivity contribution in [2.45, 2.75) is 0 Å². The molecule has 1 aromatic carbocycles. The third kappa shape index (κ3) is 4.57. The maximum atomic E-state index is 12.1. The molecule has 23 heavy (non-hydrogen) atoms. The summed E-state index contributed by atoms with van der Waals surface area (Å²) in [4.78, 5) is 26.2. The van der Waals surface area contributed by atoms with Gasteiger partial charge in [0.25, 0.3) is 0 Å². The lowest BCUT2D eigenvalue weighted by molar-refractivity contribution is -0.139. The van der Waals surface area contributed by atoms with E-state index in [1.54, 1.807) is 23.2 Å². The van der Waals surface area contributed by atoms with Gasteiger partial charge in [-0.1, -0.05) is 0 Å². The number of carbonyl (C=O) groups is 2. The molecule has 1 fully saturated rings. The molecule has 2 rings (SSSR count). The summed E-state index contributed by atoms with van der Waals surface area (Å²) in [6, 6.07) is 4.96. The van der Waals surface area contributed by atoms with Crippen molar-refractivity contribution < 1.29 is 19.1 Å². The number of nitrogens with one attached hydrogen (secondary N) is 2. The van der Waals surface area contributed by atoms with Crippen molar-refractivity contribution in [2.75, 3.05) is 52.8 Å². The second kappa shape index (κ2) is 7.80. The number of anilines is 1. The molecule has 8 nitrogen and oxygen atoms in total. The molecule has 8 heteroatoms. The van der Waals surface area contributed by atoms with Gasteiger partial charge in [0, 0.05) is 32.2 Å². The highest BCUT2D eigenvalue weighted by atomic mass is 16.5. The predicted molar refractivity (Wildman–Crippen MR) is 85.4 cm³/mol. The van der Waals surface area contributed by atoms with Crippen LogP contribution in [0.1, 0.15) is 0 Å². The minimum atomic E-state index is -0.754. The molecule has 1 saturated heterocycles. The number of hydrogen-bond acceptors (Lipinski definition) is 6. The summed E-state index contributed by atoms with van der Waals surface area (Å²) in [5, 5.41) is 4.28. The summed E-state index contributed by atoms with van der Waals surface area (Å²) in [5.41, 5.74) is 2.99. The Morgan fingerprint density at radius 1 is 1.04 bits per heavy atom. The van der Waals surface area contributed by atoms with Gasteiger partial charge in [0.05, 0.1) is 19.9 Å². The van der Waals surface area contributed by atoms with E-state index in [9.17, 15) is 9.59 Å². The van der Waals surface area contributed by atoms with Gasteiger partial charge in [0.2, 0.25) is 0 Å². The first-order chi connectivity index (χ1) is 11.0. The summed E-state index contributed by atoms with van der Waals surface area (Å²) >= 11 is 0. The van der Waals surface area contributed by atoms with E-state index >= 15 is 0 Å². The highest BCUT2D eigenvalue weighted by Crippen LogP contribution is 2.28. The van der Waals surface area contributed by atoms with Crippen molar-refractivity contribution in [2.24, 2.45) is 0 Å². The Labute approximate surface area is 135 Å². The number of hydrazine groups is 1. The van der Waals surface area contributed by atoms with Crippen LogP contribution in [0.5, 0.6) is 11.5 Å². The molecule has 1 heterocycles. The molecule has 2 N–H and O–H groups in total. The van der Waals surface area contributed by atoms with Crippen LogP contribution in [0.2, 0.25) is 0 Å². The number of rotatable bonds is 4. The van der Waals surface area contributed by atoms with E-state index in [0.717, 1.165) is 13.1 Å². The average molecular weight is 322 g/mol. The molecule has 1 aliphatic heterocycles. The molecule has 0 atom stereocenters. The van der Waals surface area contributed by atoms with Gasteiger partial charge in [0.1, 0.15) is 11.5 Å². The third-order valence-electron chi connectivity index (χ3n) is 3.62. The molecular formula is C15H22N4O4. The number of methoxy groups -OCH3 is 2. The Morgan fingerprint density at radius 3 is 2.35 bits per heavy atom. The zero-order chi connectivity index (χ0) is 16.8. The number of hydrogen-bond donors (Lipinski definition) is 2. The van der Waals surface area contributed by atoms with Crippen LogP contribution in [0.3, 0.4) is 0 Å². The van der Waals surface area contributed by atoms with E-state index in [0.29, 0.717) is 30.3 Å². The number of piperazine rings is 1. The molecule has 0 spiro atoms. The number of nitrogens with zero attached hydrogens (tertiary/aromatic N) is 2. The third-order valence-corrected chi connectivity index (χ3v) is 3.62. The zero-order valence-corrected chi connectivity index (χ0v) is 13.6. The minimum Gasteiger partial charge on any atom is -0.497 e. The van der Waals surface area contributed by atoms with Crippen molar-refractivity contribution in [1.82, 2.24) is 15.3 Å². The number of benzene rings is 1. The molecule has 1 aliphatic rings. The lowest BCUT2D eigenvalue weighted by Crippen LogP contribution is -2.54. The van der Waals surface area contributed by atoms with Crippen LogP contribution >= 0.6 is 0 Å². The fourth-order valence-electron chi connectivity index (χ4n) is 2.20. The minimum absolute atomic E-state index is 0.380. The molecule has 0 aromatic heterocycles. The van der Waals surface area contributed by atoms with Gasteiger partial charge in [-0.3, -0.25) is 15.0 Å². The van der Waals surface area contributed by atoms with Gasteiger partial charge in [-0.05, 0) is 19.2 Å². The normalized spacial score (nSPS) is 15.8. The molecule has 2 amide bonds. The summed E-state index contributed by atoms with van der Waals surface area (Å²) in [6.45, 7) is 3.03. The van der Waals surface area contributed by atoms with Gasteiger partial charge in [-0.2, -0.15) is 0 Å². The topological polar surface area (TPSA) is 83.1 Å². The second-order valence-corrected chi connectivity index (χ2v) is 5.25. The number of ether oxygens (including phenoxy) is 2. The van der Waals surface area contributed by atoms with Crippen LogP contribution in [0.15, 0.2) is 18.2 Å². The summed E-state index contributed by atoms with van der Waals surface area (Å²) in [6.07, 6.45) is 0. The number of likely N-dealkylation sites (N-methyl/N-ethyl adjacent to an activating group) is 1. The largest absolute Gasteiger partial charge is 0.497 e. The zero-order valence-electron chi connectivity index (χ0n) is 13.6. The fourth-order valence-corrected chi connectivity index (χ4v) is 2.20. The van der Waals surface area contributed by atoms with Crippen LogP contribution < -0.4 is 20.2 Å². The summed E-state index contributed by atoms with van der Waals surface area (Å²) in [5.74, 6) is -0.456. The van der Waals surface area contributed by atoms with Crippen LogP contribution in [-0.4, -0.2) is 69.2 Å². The second-order valence-electron chi connectivity index (χ2n) is 5.25. The lowest BCUT2D eigenvalue weighted by Gasteiger charge is -2.32. The van der Waals surface area contributed by atoms with Crippen molar-refractivity contribution in [1.29, 1.82) is 0 Å². The monoisotopic (exact) mass is 322 g/mol. The van der Waals surface area contributed by atoms with Gasteiger partial charge >= 0.3 is 11.8 Å². The molecule has 0 radical (unpaired) electrons. The van der Waals surface area contributed by atoms with Crippen LogP contribution in [0.4, 0.5) is 5.69 Å². The molecule has 1 aromatic rings. The number of amides is 2. The van der Waals surface area contributed by atoms with Crippen molar-refractivity contribution in [3.63, 3.8) is 0 Å². The van der Waals surface area contributed by atoms with Crippen LogP contribution in [-0.2, 0) is 9.59 Å². The van der Waals surface area contributed by atoms with Gasteiger partial charge < -0.3 is 19.7 Å². The van der Waals surface area contributed by atoms with E-state index in [1.165, 1.54) is 14.2 Å². The van der Waals surface area contributed by atoms with Gasteiger partial charge in [-0.25, -0.2) is 5.01 Å². The highest BCUT2D eigenvalue weighted by Gasteiger charge is 2.21. The smallest absolute Gasteiger partial charge is 0.323 e. The van der Waals surface area contributed by atoms with Gasteiger partial charge in [-0.15, -0.1) is 0 Å². The maximum Gasteiger partial charge on any atom is 0.323 e. The van der Waals surface area contributed by atoms with E-state index in [-0.39, 0.29) is 0 Å². The highest BCUT2D eigenvalue weighted by molar-refractivity contribution is 6.39. The molecule has 0 bridgehead atoms. The van der Waals surface area contributed by atoms with Crippen LogP contribution in [0, 0.1) is 0 Å². The quantitative estimate of drug-likeness (QED) is 0.755. The summed E-state index contributed by atoms with van der Waals surface area (Å²) < 4.78 is 10.3. The first kappa shape index (κ1) is 17.0. The number of carbonyl (C=O) groups excluding carboxylic acids is 2. The molecule has 0 unspecified atom stereocenters. The SMILES string of the molecule is COc1ccc(OC)c(NC(=O)C(=O)NN2CCN(C)CC2)c1. The predicted octanol–water partition coefficient (Wildman–Crippen LogP) is -0.0791. The summed E-state index contributed by atoms with van der Waals surface area (Å²) in [7, 11) is 5.02. The molecule has 0 saturated carbocycles. The fraction of sp³-hybridized carbons (Fsp3) is 0.467. The van der Waals surface area contributed by atoms with E-state index in [1.807, 2.05) is 7.05 Å². The standard InChI is InChI=1S/C15H22N4O4/c1-18-6-8-19(9-7-18)17-15(21)14(20)16-12-10-11(22-2)4-5-13(12)23-3/h4-5,10H,6-9H2,1-3H3,(H,16,20)(H,17,21). The van der Waals surface area contributed by atoms with Gasteiger partial charge in [0.15, 0.2) is 0 Å². The molecular weight excluding hydrogens is 300 g/mol. The first-order valence-corrected chi connectivity index (χ1v) is 7.31. The van der Waals surface area contributed by atoms with Crippen LogP contribution in [0.25, 0.3) is 0 Å². The van der Waals surface area contributed by atoms with E-state index < -0.39 is 11.8 Å². The van der Waals surface area contributed by atoms with E-state index in [4.69, 9.17) is 9.47 Å². The maximum absolute atomic E-state index is 12.1. The molecule has 0 aliphatic carbocycles. The Morgan fingerprint density at radius 2 is 1.74 bits per heavy atom. The average Bonchev–Trinajstić information content (AvgIpc) is 2.56. The van der Waals surface area contributed by atoms with E-state index in [2.05, 4.69) is 15.6 Å². The Balaban J connectivity index is 1.96. The first-order valence-electron chi connectivity index (χ1n) is 7.31. The van der Waals surface area contributed by atoms with Crippen molar-refractivity contribution >= 4 is 17.5 Å². The Hall–Kier alpha value is -2.32.